The summed E-state index contributed by atoms with van der Waals surface area (Å²) >= 11 is 0. The molecule has 0 aromatic rings. The molecule has 0 amide bonds. The highest BCUT2D eigenvalue weighted by Gasteiger charge is 2.11. The SMILES string of the molecule is CCCCCCCCCCOC(=O)[C@H](N)CC. The summed E-state index contributed by atoms with van der Waals surface area (Å²) in [5.41, 5.74) is 5.55. The van der Waals surface area contributed by atoms with Gasteiger partial charge in [0.25, 0.3) is 0 Å². The Hall–Kier alpha value is -0.570. The zero-order valence-electron chi connectivity index (χ0n) is 11.5. The smallest absolute Gasteiger partial charge is 0.322 e. The van der Waals surface area contributed by atoms with E-state index in [2.05, 4.69) is 6.92 Å². The van der Waals surface area contributed by atoms with Crippen molar-refractivity contribution < 1.29 is 9.53 Å². The van der Waals surface area contributed by atoms with Crippen molar-refractivity contribution in [2.24, 2.45) is 5.73 Å². The Morgan fingerprint density at radius 1 is 1.00 bits per heavy atom. The van der Waals surface area contributed by atoms with Gasteiger partial charge in [-0.1, -0.05) is 58.8 Å². The fourth-order valence-corrected chi connectivity index (χ4v) is 1.68. The lowest BCUT2D eigenvalue weighted by atomic mass is 10.1. The van der Waals surface area contributed by atoms with Crippen molar-refractivity contribution in [1.29, 1.82) is 0 Å². The molecule has 0 saturated heterocycles. The lowest BCUT2D eigenvalue weighted by Gasteiger charge is -2.08. The van der Waals surface area contributed by atoms with E-state index in [1.165, 1.54) is 38.5 Å². The zero-order chi connectivity index (χ0) is 12.9. The maximum Gasteiger partial charge on any atom is 0.322 e. The molecule has 102 valence electrons. The molecular formula is C14H29NO2. The second kappa shape index (κ2) is 11.9. The van der Waals surface area contributed by atoms with Crippen LogP contribution in [0.1, 0.15) is 71.6 Å². The van der Waals surface area contributed by atoms with Crippen molar-refractivity contribution in [3.8, 4) is 0 Å². The highest BCUT2D eigenvalue weighted by atomic mass is 16.5. The van der Waals surface area contributed by atoms with E-state index in [9.17, 15) is 4.79 Å². The van der Waals surface area contributed by atoms with Crippen LogP contribution in [0.15, 0.2) is 0 Å². The molecule has 0 fully saturated rings. The van der Waals surface area contributed by atoms with E-state index < -0.39 is 6.04 Å². The molecule has 1 atom stereocenters. The molecule has 0 aromatic heterocycles. The molecule has 3 nitrogen and oxygen atoms in total. The van der Waals surface area contributed by atoms with Crippen LogP contribution in [0, 0.1) is 0 Å². The van der Waals surface area contributed by atoms with Gasteiger partial charge in [0, 0.05) is 0 Å². The van der Waals surface area contributed by atoms with Crippen LogP contribution in [-0.2, 0) is 9.53 Å². The van der Waals surface area contributed by atoms with Gasteiger partial charge in [0.1, 0.15) is 6.04 Å². The number of nitrogens with two attached hydrogens (primary N) is 1. The molecule has 17 heavy (non-hydrogen) atoms. The molecule has 0 radical (unpaired) electrons. The van der Waals surface area contributed by atoms with E-state index >= 15 is 0 Å². The topological polar surface area (TPSA) is 52.3 Å². The van der Waals surface area contributed by atoms with Crippen molar-refractivity contribution >= 4 is 5.97 Å². The van der Waals surface area contributed by atoms with E-state index in [-0.39, 0.29) is 5.97 Å². The summed E-state index contributed by atoms with van der Waals surface area (Å²) in [6.45, 7) is 4.65. The van der Waals surface area contributed by atoms with E-state index in [1.54, 1.807) is 0 Å². The highest BCUT2D eigenvalue weighted by molar-refractivity contribution is 5.75. The minimum absolute atomic E-state index is 0.254. The average molecular weight is 243 g/mol. The molecule has 0 saturated carbocycles. The average Bonchev–Trinajstić information content (AvgIpc) is 2.35. The van der Waals surface area contributed by atoms with Gasteiger partial charge in [-0.05, 0) is 12.8 Å². The molecule has 0 aromatic carbocycles. The van der Waals surface area contributed by atoms with Gasteiger partial charge in [-0.25, -0.2) is 0 Å². The molecule has 0 spiro atoms. The van der Waals surface area contributed by atoms with Gasteiger partial charge < -0.3 is 10.5 Å². The van der Waals surface area contributed by atoms with Crippen molar-refractivity contribution in [3.05, 3.63) is 0 Å². The Bertz CT molecular complexity index is 183. The second-order valence-corrected chi connectivity index (χ2v) is 4.66. The highest BCUT2D eigenvalue weighted by Crippen LogP contribution is 2.08. The summed E-state index contributed by atoms with van der Waals surface area (Å²) < 4.78 is 5.08. The normalized spacial score (nSPS) is 12.4. The number of carbonyl (C=O) groups is 1. The first-order valence-corrected chi connectivity index (χ1v) is 7.14. The molecule has 0 heterocycles. The van der Waals surface area contributed by atoms with Crippen LogP contribution in [-0.4, -0.2) is 18.6 Å². The third-order valence-electron chi connectivity index (χ3n) is 2.98. The van der Waals surface area contributed by atoms with Gasteiger partial charge >= 0.3 is 5.97 Å². The van der Waals surface area contributed by atoms with Gasteiger partial charge in [-0.3, -0.25) is 4.79 Å². The predicted octanol–water partition coefficient (Wildman–Crippen LogP) is 3.41. The number of hydrogen-bond acceptors (Lipinski definition) is 3. The summed E-state index contributed by atoms with van der Waals surface area (Å²) in [4.78, 5) is 11.2. The fourth-order valence-electron chi connectivity index (χ4n) is 1.68. The van der Waals surface area contributed by atoms with Gasteiger partial charge in [0.05, 0.1) is 6.61 Å². The van der Waals surface area contributed by atoms with Crippen LogP contribution >= 0.6 is 0 Å². The minimum atomic E-state index is -0.441. The van der Waals surface area contributed by atoms with Gasteiger partial charge in [-0.2, -0.15) is 0 Å². The summed E-state index contributed by atoms with van der Waals surface area (Å²) in [5, 5.41) is 0. The first-order chi connectivity index (χ1) is 8.22. The monoisotopic (exact) mass is 243 g/mol. The number of esters is 1. The number of hydrogen-bond donors (Lipinski definition) is 1. The molecule has 0 bridgehead atoms. The maximum atomic E-state index is 11.2. The maximum absolute atomic E-state index is 11.2. The summed E-state index contributed by atoms with van der Waals surface area (Å²) in [6.07, 6.45) is 10.7. The Morgan fingerprint density at radius 2 is 1.53 bits per heavy atom. The van der Waals surface area contributed by atoms with Crippen molar-refractivity contribution in [1.82, 2.24) is 0 Å². The molecule has 0 unspecified atom stereocenters. The first-order valence-electron chi connectivity index (χ1n) is 7.14. The summed E-state index contributed by atoms with van der Waals surface area (Å²) in [5.74, 6) is -0.254. The summed E-state index contributed by atoms with van der Waals surface area (Å²) in [7, 11) is 0. The van der Waals surface area contributed by atoms with Crippen molar-refractivity contribution in [2.45, 2.75) is 77.7 Å². The standard InChI is InChI=1S/C14H29NO2/c1-3-5-6-7-8-9-10-11-12-17-14(16)13(15)4-2/h13H,3-12,15H2,1-2H3/t13-/m1/s1. The summed E-state index contributed by atoms with van der Waals surface area (Å²) in [6, 6.07) is -0.441. The van der Waals surface area contributed by atoms with Crippen LogP contribution < -0.4 is 5.73 Å². The first kappa shape index (κ1) is 16.4. The lowest BCUT2D eigenvalue weighted by molar-refractivity contribution is -0.145. The van der Waals surface area contributed by atoms with E-state index in [1.807, 2.05) is 6.92 Å². The van der Waals surface area contributed by atoms with Crippen molar-refractivity contribution in [2.75, 3.05) is 6.61 Å². The van der Waals surface area contributed by atoms with Gasteiger partial charge in [0.2, 0.25) is 0 Å². The predicted molar refractivity (Wildman–Crippen MR) is 71.8 cm³/mol. The molecular weight excluding hydrogens is 214 g/mol. The van der Waals surface area contributed by atoms with Crippen LogP contribution in [0.3, 0.4) is 0 Å². The van der Waals surface area contributed by atoms with E-state index in [0.29, 0.717) is 13.0 Å². The Kier molecular flexibility index (Phi) is 11.5. The number of unbranched alkanes of at least 4 members (excludes halogenated alkanes) is 7. The molecule has 0 rings (SSSR count). The number of ether oxygens (including phenoxy) is 1. The quantitative estimate of drug-likeness (QED) is 0.447. The van der Waals surface area contributed by atoms with E-state index in [0.717, 1.165) is 12.8 Å². The molecule has 2 N–H and O–H groups in total. The van der Waals surface area contributed by atoms with Crippen LogP contribution in [0.25, 0.3) is 0 Å². The second-order valence-electron chi connectivity index (χ2n) is 4.66. The molecule has 0 aliphatic carbocycles. The van der Waals surface area contributed by atoms with Crippen LogP contribution in [0.4, 0.5) is 0 Å². The largest absolute Gasteiger partial charge is 0.465 e. The van der Waals surface area contributed by atoms with Crippen molar-refractivity contribution in [3.63, 3.8) is 0 Å². The number of rotatable bonds is 11. The molecule has 0 aliphatic rings. The molecule has 3 heteroatoms. The van der Waals surface area contributed by atoms with E-state index in [4.69, 9.17) is 10.5 Å². The third-order valence-corrected chi connectivity index (χ3v) is 2.98. The number of carbonyl (C=O) groups excluding carboxylic acids is 1. The zero-order valence-corrected chi connectivity index (χ0v) is 11.5. The van der Waals surface area contributed by atoms with Crippen LogP contribution in [0.2, 0.25) is 0 Å². The molecule has 0 aliphatic heterocycles. The Labute approximate surface area is 106 Å². The van der Waals surface area contributed by atoms with Gasteiger partial charge in [-0.15, -0.1) is 0 Å². The van der Waals surface area contributed by atoms with Gasteiger partial charge in [0.15, 0.2) is 0 Å². The Balaban J connectivity index is 3.16. The van der Waals surface area contributed by atoms with Crippen LogP contribution in [0.5, 0.6) is 0 Å². The third kappa shape index (κ3) is 10.3. The Morgan fingerprint density at radius 3 is 2.06 bits per heavy atom. The fraction of sp³-hybridized carbons (Fsp3) is 0.929. The lowest BCUT2D eigenvalue weighted by Crippen LogP contribution is -2.31. The minimum Gasteiger partial charge on any atom is -0.465 e.